The molecule has 1 saturated heterocycles. The number of amides is 1. The second-order valence-corrected chi connectivity index (χ2v) is 7.24. The summed E-state index contributed by atoms with van der Waals surface area (Å²) in [7, 11) is 0. The van der Waals surface area contributed by atoms with Crippen LogP contribution >= 0.6 is 0 Å². The largest absolute Gasteiger partial charge is 0.445 e. The fraction of sp³-hybridized carbons (Fsp3) is 0.364. The SMILES string of the molecule is Cc1cc(C2=CC3COCC(C2)N3C(=O)OCc2ccccc2)cc(C)n1. The van der Waals surface area contributed by atoms with Crippen molar-refractivity contribution in [2.75, 3.05) is 13.2 Å². The summed E-state index contributed by atoms with van der Waals surface area (Å²) in [5.74, 6) is 0. The third kappa shape index (κ3) is 3.88. The molecule has 5 nitrogen and oxygen atoms in total. The molecule has 2 aliphatic heterocycles. The molecule has 2 aliphatic rings. The zero-order chi connectivity index (χ0) is 18.8. The normalized spacial score (nSPS) is 21.6. The van der Waals surface area contributed by atoms with Gasteiger partial charge in [0.25, 0.3) is 0 Å². The third-order valence-corrected chi connectivity index (χ3v) is 5.07. The highest BCUT2D eigenvalue weighted by atomic mass is 16.6. The molecule has 0 N–H and O–H groups in total. The first-order valence-corrected chi connectivity index (χ1v) is 9.33. The lowest BCUT2D eigenvalue weighted by atomic mass is 9.90. The number of aromatic nitrogens is 1. The summed E-state index contributed by atoms with van der Waals surface area (Å²) < 4.78 is 11.3. The number of rotatable bonds is 3. The lowest BCUT2D eigenvalue weighted by molar-refractivity contribution is -0.0342. The Balaban J connectivity index is 1.52. The molecule has 0 aliphatic carbocycles. The number of morpholine rings is 1. The van der Waals surface area contributed by atoms with E-state index in [2.05, 4.69) is 23.2 Å². The maximum Gasteiger partial charge on any atom is 0.411 e. The minimum Gasteiger partial charge on any atom is -0.445 e. The first-order valence-electron chi connectivity index (χ1n) is 9.33. The van der Waals surface area contributed by atoms with Gasteiger partial charge in [0.05, 0.1) is 25.3 Å². The van der Waals surface area contributed by atoms with Crippen molar-refractivity contribution in [3.63, 3.8) is 0 Å². The summed E-state index contributed by atoms with van der Waals surface area (Å²) in [6.07, 6.45) is 2.64. The van der Waals surface area contributed by atoms with Gasteiger partial charge in [-0.3, -0.25) is 9.88 Å². The number of benzene rings is 1. The Labute approximate surface area is 159 Å². The van der Waals surface area contributed by atoms with Crippen molar-refractivity contribution in [2.45, 2.75) is 39.0 Å². The summed E-state index contributed by atoms with van der Waals surface area (Å²) in [6, 6.07) is 13.9. The minimum absolute atomic E-state index is 0.000742. The first-order chi connectivity index (χ1) is 13.1. The molecule has 4 rings (SSSR count). The van der Waals surface area contributed by atoms with Crippen LogP contribution in [-0.2, 0) is 16.1 Å². The number of nitrogens with zero attached hydrogens (tertiary/aromatic N) is 2. The van der Waals surface area contributed by atoms with Crippen molar-refractivity contribution in [1.29, 1.82) is 0 Å². The standard InChI is InChI=1S/C22H24N2O3/c1-15-8-18(9-16(2)23-15)19-10-20-13-26-14-21(11-19)24(20)22(25)27-12-17-6-4-3-5-7-17/h3-10,20-21H,11-14H2,1-2H3. The zero-order valence-electron chi connectivity index (χ0n) is 15.7. The van der Waals surface area contributed by atoms with Crippen molar-refractivity contribution in [3.05, 3.63) is 71.1 Å². The lowest BCUT2D eigenvalue weighted by Crippen LogP contribution is -2.56. The summed E-state index contributed by atoms with van der Waals surface area (Å²) in [5, 5.41) is 0. The molecule has 1 aromatic heterocycles. The summed E-state index contributed by atoms with van der Waals surface area (Å²) in [4.78, 5) is 19.1. The Kier molecular flexibility index (Phi) is 4.94. The molecule has 3 heterocycles. The van der Waals surface area contributed by atoms with Crippen LogP contribution in [0.15, 0.2) is 48.5 Å². The quantitative estimate of drug-likeness (QED) is 0.829. The van der Waals surface area contributed by atoms with Gasteiger partial charge in [0, 0.05) is 11.4 Å². The van der Waals surface area contributed by atoms with E-state index in [4.69, 9.17) is 9.47 Å². The van der Waals surface area contributed by atoms with E-state index in [9.17, 15) is 4.79 Å². The Bertz CT molecular complexity index is 843. The van der Waals surface area contributed by atoms with Gasteiger partial charge in [0.1, 0.15) is 6.61 Å². The number of carbonyl (C=O) groups excluding carboxylic acids is 1. The number of fused-ring (bicyclic) bond motifs is 2. The molecule has 2 bridgehead atoms. The molecule has 5 heteroatoms. The molecule has 0 saturated carbocycles. The summed E-state index contributed by atoms with van der Waals surface area (Å²) in [5.41, 5.74) is 5.46. The van der Waals surface area contributed by atoms with E-state index in [0.29, 0.717) is 13.2 Å². The molecule has 2 unspecified atom stereocenters. The highest BCUT2D eigenvalue weighted by molar-refractivity contribution is 5.74. The van der Waals surface area contributed by atoms with Crippen molar-refractivity contribution in [2.24, 2.45) is 0 Å². The molecule has 2 aromatic rings. The van der Waals surface area contributed by atoms with Crippen LogP contribution in [0.3, 0.4) is 0 Å². The third-order valence-electron chi connectivity index (χ3n) is 5.07. The van der Waals surface area contributed by atoms with Gasteiger partial charge >= 0.3 is 6.09 Å². The maximum atomic E-state index is 12.7. The van der Waals surface area contributed by atoms with Crippen molar-refractivity contribution in [1.82, 2.24) is 9.88 Å². The van der Waals surface area contributed by atoms with Crippen LogP contribution in [0.1, 0.15) is 28.9 Å². The van der Waals surface area contributed by atoms with Crippen LogP contribution in [0.2, 0.25) is 0 Å². The molecule has 1 amide bonds. The number of ether oxygens (including phenoxy) is 2. The first kappa shape index (κ1) is 17.7. The van der Waals surface area contributed by atoms with Gasteiger partial charge in [0.2, 0.25) is 0 Å². The molecule has 1 fully saturated rings. The maximum absolute atomic E-state index is 12.7. The van der Waals surface area contributed by atoms with Crippen LogP contribution in [0.5, 0.6) is 0 Å². The fourth-order valence-corrected chi connectivity index (χ4v) is 3.91. The second-order valence-electron chi connectivity index (χ2n) is 7.24. The molecule has 2 atom stereocenters. The highest BCUT2D eigenvalue weighted by Gasteiger charge is 2.39. The second kappa shape index (κ2) is 7.53. The van der Waals surface area contributed by atoms with Crippen LogP contribution in [0.25, 0.3) is 5.57 Å². The van der Waals surface area contributed by atoms with Crippen molar-refractivity contribution < 1.29 is 14.3 Å². The van der Waals surface area contributed by atoms with E-state index in [1.54, 1.807) is 0 Å². The van der Waals surface area contributed by atoms with Gasteiger partial charge in [-0.15, -0.1) is 0 Å². The van der Waals surface area contributed by atoms with Crippen molar-refractivity contribution >= 4 is 11.7 Å². The zero-order valence-corrected chi connectivity index (χ0v) is 15.7. The molecular weight excluding hydrogens is 340 g/mol. The van der Waals surface area contributed by atoms with Gasteiger partial charge in [-0.05, 0) is 49.1 Å². The van der Waals surface area contributed by atoms with Gasteiger partial charge in [-0.2, -0.15) is 0 Å². The molecule has 1 aromatic carbocycles. The van der Waals surface area contributed by atoms with E-state index in [1.807, 2.05) is 49.1 Å². The molecule has 0 radical (unpaired) electrons. The predicted octanol–water partition coefficient (Wildman–Crippen LogP) is 3.89. The van der Waals surface area contributed by atoms with Crippen LogP contribution < -0.4 is 0 Å². The predicted molar refractivity (Wildman–Crippen MR) is 103 cm³/mol. The average molecular weight is 364 g/mol. The summed E-state index contributed by atoms with van der Waals surface area (Å²) in [6.45, 7) is 5.35. The highest BCUT2D eigenvalue weighted by Crippen LogP contribution is 2.33. The van der Waals surface area contributed by atoms with E-state index >= 15 is 0 Å². The Hall–Kier alpha value is -2.66. The van der Waals surface area contributed by atoms with Crippen molar-refractivity contribution in [3.8, 4) is 0 Å². The Morgan fingerprint density at radius 3 is 2.63 bits per heavy atom. The van der Waals surface area contributed by atoms with Crippen LogP contribution in [0, 0.1) is 13.8 Å². The smallest absolute Gasteiger partial charge is 0.411 e. The molecular formula is C22H24N2O3. The minimum atomic E-state index is -0.269. The van der Waals surface area contributed by atoms with Crippen LogP contribution in [0.4, 0.5) is 4.79 Å². The van der Waals surface area contributed by atoms with Gasteiger partial charge in [0.15, 0.2) is 0 Å². The average Bonchev–Trinajstić information content (AvgIpc) is 2.65. The summed E-state index contributed by atoms with van der Waals surface area (Å²) >= 11 is 0. The fourth-order valence-electron chi connectivity index (χ4n) is 3.91. The Morgan fingerprint density at radius 2 is 1.93 bits per heavy atom. The van der Waals surface area contributed by atoms with E-state index in [1.165, 1.54) is 11.1 Å². The van der Waals surface area contributed by atoms with E-state index in [0.717, 1.165) is 23.4 Å². The van der Waals surface area contributed by atoms with Gasteiger partial charge in [-0.1, -0.05) is 36.4 Å². The van der Waals surface area contributed by atoms with Crippen LogP contribution in [-0.4, -0.2) is 41.3 Å². The number of hydrogen-bond acceptors (Lipinski definition) is 4. The molecule has 27 heavy (non-hydrogen) atoms. The number of hydrogen-bond donors (Lipinski definition) is 0. The monoisotopic (exact) mass is 364 g/mol. The van der Waals surface area contributed by atoms with Gasteiger partial charge < -0.3 is 9.47 Å². The molecule has 0 spiro atoms. The lowest BCUT2D eigenvalue weighted by Gasteiger charge is -2.43. The number of carbonyl (C=O) groups is 1. The van der Waals surface area contributed by atoms with E-state index < -0.39 is 0 Å². The van der Waals surface area contributed by atoms with E-state index in [-0.39, 0.29) is 24.8 Å². The van der Waals surface area contributed by atoms with Gasteiger partial charge in [-0.25, -0.2) is 4.79 Å². The topological polar surface area (TPSA) is 51.7 Å². The number of aryl methyl sites for hydroxylation is 2. The molecule has 140 valence electrons. The number of pyridine rings is 1. The Morgan fingerprint density at radius 1 is 1.19 bits per heavy atom.